The second-order valence-corrected chi connectivity index (χ2v) is 8.10. The molecule has 2 N–H and O–H groups in total. The predicted octanol–water partition coefficient (Wildman–Crippen LogP) is 3.02. The maximum Gasteiger partial charge on any atom is 0.242 e. The zero-order valence-electron chi connectivity index (χ0n) is 16.1. The van der Waals surface area contributed by atoms with Crippen molar-refractivity contribution in [2.75, 3.05) is 13.1 Å². The van der Waals surface area contributed by atoms with E-state index in [-0.39, 0.29) is 18.1 Å². The molecule has 1 aliphatic rings. The lowest BCUT2D eigenvalue weighted by Gasteiger charge is -2.35. The fraction of sp³-hybridized carbons (Fsp3) is 0.318. The first-order valence-electron chi connectivity index (χ1n) is 9.80. The van der Waals surface area contributed by atoms with Gasteiger partial charge in [0.15, 0.2) is 0 Å². The van der Waals surface area contributed by atoms with Crippen LogP contribution in [0.1, 0.15) is 29.5 Å². The number of pyridine rings is 1. The third kappa shape index (κ3) is 4.87. The van der Waals surface area contributed by atoms with Crippen molar-refractivity contribution in [1.82, 2.24) is 20.2 Å². The van der Waals surface area contributed by atoms with Crippen molar-refractivity contribution in [3.05, 3.63) is 70.8 Å². The molecule has 3 heterocycles. The number of aliphatic hydroxyl groups excluding tert-OH is 1. The summed E-state index contributed by atoms with van der Waals surface area (Å²) in [4.78, 5) is 24.0. The molecule has 1 saturated heterocycles. The van der Waals surface area contributed by atoms with Crippen molar-refractivity contribution in [2.45, 2.75) is 31.5 Å². The molecule has 0 bridgehead atoms. The number of rotatable bonds is 6. The van der Waals surface area contributed by atoms with Gasteiger partial charge in [0.25, 0.3) is 0 Å². The molecular formula is C22H24N4O2S. The van der Waals surface area contributed by atoms with Gasteiger partial charge in [-0.05, 0) is 30.5 Å². The topological polar surface area (TPSA) is 78.4 Å². The minimum absolute atomic E-state index is 0.0340. The van der Waals surface area contributed by atoms with Gasteiger partial charge in [-0.2, -0.15) is 0 Å². The highest BCUT2D eigenvalue weighted by Gasteiger charge is 2.30. The quantitative estimate of drug-likeness (QED) is 0.656. The molecule has 150 valence electrons. The van der Waals surface area contributed by atoms with Crippen LogP contribution in [0.2, 0.25) is 0 Å². The number of nitrogens with zero attached hydrogens (tertiary/aromatic N) is 3. The van der Waals surface area contributed by atoms with E-state index in [2.05, 4.69) is 20.2 Å². The Morgan fingerprint density at radius 3 is 2.62 bits per heavy atom. The summed E-state index contributed by atoms with van der Waals surface area (Å²) < 4.78 is 0. The Balaban J connectivity index is 1.45. The lowest BCUT2D eigenvalue weighted by Crippen LogP contribution is -2.45. The summed E-state index contributed by atoms with van der Waals surface area (Å²) >= 11 is 1.54. The zero-order valence-corrected chi connectivity index (χ0v) is 16.9. The lowest BCUT2D eigenvalue weighted by molar-refractivity contribution is -0.127. The summed E-state index contributed by atoms with van der Waals surface area (Å²) in [5.41, 5.74) is 2.88. The standard InChI is InChI=1S/C22H24N4O2S/c27-18-8-12-26(13-9-18)21(17-4-2-1-3-5-17)22(28)24-14-20-25-19(15-29-20)16-6-10-23-11-7-16/h1-7,10-11,15,18,21,27H,8-9,12-14H2,(H,24,28). The van der Waals surface area contributed by atoms with Gasteiger partial charge in [-0.25, -0.2) is 4.98 Å². The van der Waals surface area contributed by atoms with Gasteiger partial charge in [0, 0.05) is 36.4 Å². The van der Waals surface area contributed by atoms with E-state index in [1.165, 1.54) is 11.3 Å². The number of amides is 1. The van der Waals surface area contributed by atoms with Crippen LogP contribution < -0.4 is 5.32 Å². The summed E-state index contributed by atoms with van der Waals surface area (Å²) in [5.74, 6) is -0.0340. The van der Waals surface area contributed by atoms with Crippen molar-refractivity contribution in [1.29, 1.82) is 0 Å². The minimum Gasteiger partial charge on any atom is -0.393 e. The van der Waals surface area contributed by atoms with Crippen LogP contribution in [0, 0.1) is 0 Å². The molecule has 2 aromatic heterocycles. The van der Waals surface area contributed by atoms with Crippen LogP contribution in [0.3, 0.4) is 0 Å². The van der Waals surface area contributed by atoms with Gasteiger partial charge in [-0.1, -0.05) is 30.3 Å². The second kappa shape index (κ2) is 9.26. The summed E-state index contributed by atoms with van der Waals surface area (Å²) in [6, 6.07) is 13.3. The number of aliphatic hydroxyl groups is 1. The molecule has 0 spiro atoms. The Hall–Kier alpha value is -2.61. The van der Waals surface area contributed by atoms with E-state index in [9.17, 15) is 9.90 Å². The third-order valence-electron chi connectivity index (χ3n) is 5.17. The molecule has 3 aromatic rings. The summed E-state index contributed by atoms with van der Waals surface area (Å²) in [7, 11) is 0. The minimum atomic E-state index is -0.358. The van der Waals surface area contributed by atoms with Crippen LogP contribution >= 0.6 is 11.3 Å². The first-order valence-corrected chi connectivity index (χ1v) is 10.7. The van der Waals surface area contributed by atoms with Gasteiger partial charge in [0.1, 0.15) is 11.0 Å². The molecule has 7 heteroatoms. The molecule has 29 heavy (non-hydrogen) atoms. The van der Waals surface area contributed by atoms with Crippen molar-refractivity contribution >= 4 is 17.2 Å². The van der Waals surface area contributed by atoms with E-state index in [0.29, 0.717) is 32.5 Å². The average Bonchev–Trinajstić information content (AvgIpc) is 3.24. The Morgan fingerprint density at radius 2 is 1.90 bits per heavy atom. The average molecular weight is 409 g/mol. The van der Waals surface area contributed by atoms with Gasteiger partial charge in [-0.3, -0.25) is 14.7 Å². The fourth-order valence-electron chi connectivity index (χ4n) is 3.61. The molecule has 6 nitrogen and oxygen atoms in total. The normalized spacial score (nSPS) is 16.4. The largest absolute Gasteiger partial charge is 0.393 e. The second-order valence-electron chi connectivity index (χ2n) is 7.16. The van der Waals surface area contributed by atoms with E-state index in [1.807, 2.05) is 47.8 Å². The van der Waals surface area contributed by atoms with E-state index in [4.69, 9.17) is 0 Å². The highest BCUT2D eigenvalue weighted by molar-refractivity contribution is 7.09. The summed E-state index contributed by atoms with van der Waals surface area (Å²) in [6.45, 7) is 1.81. The van der Waals surface area contributed by atoms with Crippen LogP contribution in [0.5, 0.6) is 0 Å². The van der Waals surface area contributed by atoms with Gasteiger partial charge >= 0.3 is 0 Å². The van der Waals surface area contributed by atoms with E-state index >= 15 is 0 Å². The van der Waals surface area contributed by atoms with Crippen LogP contribution in [-0.4, -0.2) is 45.1 Å². The fourth-order valence-corrected chi connectivity index (χ4v) is 4.36. The molecule has 1 atom stereocenters. The van der Waals surface area contributed by atoms with Gasteiger partial charge in [0.05, 0.1) is 18.3 Å². The first-order chi connectivity index (χ1) is 14.2. The molecule has 0 radical (unpaired) electrons. The van der Waals surface area contributed by atoms with Crippen LogP contribution in [0.15, 0.2) is 60.2 Å². The number of carbonyl (C=O) groups is 1. The molecule has 1 aromatic carbocycles. The maximum atomic E-state index is 13.1. The highest BCUT2D eigenvalue weighted by Crippen LogP contribution is 2.26. The van der Waals surface area contributed by atoms with Crippen molar-refractivity contribution in [3.63, 3.8) is 0 Å². The molecule has 1 amide bonds. The number of carbonyl (C=O) groups excluding carboxylic acids is 1. The summed E-state index contributed by atoms with van der Waals surface area (Å²) in [6.07, 6.45) is 4.61. The maximum absolute atomic E-state index is 13.1. The number of thiazole rings is 1. The lowest BCUT2D eigenvalue weighted by atomic mass is 10.00. The number of hydrogen-bond acceptors (Lipinski definition) is 6. The smallest absolute Gasteiger partial charge is 0.242 e. The summed E-state index contributed by atoms with van der Waals surface area (Å²) in [5, 5.41) is 15.8. The van der Waals surface area contributed by atoms with Gasteiger partial charge in [-0.15, -0.1) is 11.3 Å². The molecule has 4 rings (SSSR count). The number of nitrogens with one attached hydrogen (secondary N) is 1. The van der Waals surface area contributed by atoms with E-state index < -0.39 is 0 Å². The number of hydrogen-bond donors (Lipinski definition) is 2. The Labute approximate surface area is 174 Å². The molecule has 1 fully saturated rings. The number of benzene rings is 1. The number of piperidine rings is 1. The van der Waals surface area contributed by atoms with Crippen molar-refractivity contribution in [3.8, 4) is 11.3 Å². The Bertz CT molecular complexity index is 924. The van der Waals surface area contributed by atoms with Crippen LogP contribution in [-0.2, 0) is 11.3 Å². The monoisotopic (exact) mass is 408 g/mol. The molecule has 0 saturated carbocycles. The molecule has 1 unspecified atom stereocenters. The molecule has 1 aliphatic heterocycles. The Morgan fingerprint density at radius 1 is 1.17 bits per heavy atom. The SMILES string of the molecule is O=C(NCc1nc(-c2ccncc2)cs1)C(c1ccccc1)N1CCC(O)CC1. The zero-order chi connectivity index (χ0) is 20.1. The third-order valence-corrected chi connectivity index (χ3v) is 6.02. The number of aromatic nitrogens is 2. The van der Waals surface area contributed by atoms with Crippen molar-refractivity contribution < 1.29 is 9.90 Å². The van der Waals surface area contributed by atoms with Crippen LogP contribution in [0.4, 0.5) is 0 Å². The van der Waals surface area contributed by atoms with Crippen LogP contribution in [0.25, 0.3) is 11.3 Å². The van der Waals surface area contributed by atoms with E-state index in [0.717, 1.165) is 21.8 Å². The highest BCUT2D eigenvalue weighted by atomic mass is 32.1. The van der Waals surface area contributed by atoms with Gasteiger partial charge in [0.2, 0.25) is 5.91 Å². The Kier molecular flexibility index (Phi) is 6.29. The van der Waals surface area contributed by atoms with Gasteiger partial charge < -0.3 is 10.4 Å². The van der Waals surface area contributed by atoms with Crippen molar-refractivity contribution in [2.24, 2.45) is 0 Å². The molecular weight excluding hydrogens is 384 g/mol. The number of likely N-dealkylation sites (tertiary alicyclic amines) is 1. The molecule has 0 aliphatic carbocycles. The van der Waals surface area contributed by atoms with E-state index in [1.54, 1.807) is 12.4 Å². The predicted molar refractivity (Wildman–Crippen MR) is 113 cm³/mol. The first kappa shape index (κ1) is 19.7.